The average molecular weight is 352 g/mol. The van der Waals surface area contributed by atoms with Gasteiger partial charge in [-0.15, -0.1) is 5.10 Å². The summed E-state index contributed by atoms with van der Waals surface area (Å²) in [5.41, 5.74) is 7.87. The lowest BCUT2D eigenvalue weighted by Crippen LogP contribution is -2.14. The van der Waals surface area contributed by atoms with Gasteiger partial charge in [-0.1, -0.05) is 0 Å². The van der Waals surface area contributed by atoms with Gasteiger partial charge in [0, 0.05) is 25.0 Å². The number of nitrogens with zero attached hydrogens (tertiary/aromatic N) is 6. The van der Waals surface area contributed by atoms with Crippen molar-refractivity contribution in [2.24, 2.45) is 7.05 Å². The summed E-state index contributed by atoms with van der Waals surface area (Å²) in [6, 6.07) is 3.56. The van der Waals surface area contributed by atoms with Crippen molar-refractivity contribution in [3.63, 3.8) is 0 Å². The minimum Gasteiger partial charge on any atom is -0.381 e. The second-order valence-corrected chi connectivity index (χ2v) is 5.55. The third-order valence-electron chi connectivity index (χ3n) is 3.75. The summed E-state index contributed by atoms with van der Waals surface area (Å²) < 4.78 is 16.1. The van der Waals surface area contributed by atoms with Crippen molar-refractivity contribution in [2.75, 3.05) is 11.1 Å². The van der Waals surface area contributed by atoms with Crippen molar-refractivity contribution in [2.45, 2.75) is 0 Å². The second-order valence-electron chi connectivity index (χ2n) is 5.55. The van der Waals surface area contributed by atoms with E-state index in [0.717, 1.165) is 16.9 Å². The number of nitrogen functional groups attached to an aromatic ring is 1. The molecule has 0 saturated heterocycles. The zero-order valence-corrected chi connectivity index (χ0v) is 13.6. The van der Waals surface area contributed by atoms with Crippen molar-refractivity contribution in [3.8, 4) is 11.3 Å². The molecule has 4 aromatic heterocycles. The van der Waals surface area contributed by atoms with Gasteiger partial charge in [0.2, 0.25) is 0 Å². The van der Waals surface area contributed by atoms with E-state index in [4.69, 9.17) is 5.73 Å². The standard InChI is InChI=1S/C16H13FN8O/c1-24-5-3-11(22-24)10-2-4-19-7-12(10)21-16(26)13-14(18)23-25-8-9(17)6-20-15(13)25/h2-8H,1H3,(H2,18,23)(H,21,26). The number of hydrogen-bond acceptors (Lipinski definition) is 6. The predicted octanol–water partition coefficient (Wildman–Crippen LogP) is 1.50. The van der Waals surface area contributed by atoms with E-state index >= 15 is 0 Å². The van der Waals surface area contributed by atoms with Crippen LogP contribution in [-0.2, 0) is 7.05 Å². The highest BCUT2D eigenvalue weighted by Gasteiger charge is 2.21. The lowest BCUT2D eigenvalue weighted by Gasteiger charge is -2.08. The highest BCUT2D eigenvalue weighted by molar-refractivity contribution is 6.12. The monoisotopic (exact) mass is 352 g/mol. The van der Waals surface area contributed by atoms with E-state index in [9.17, 15) is 9.18 Å². The van der Waals surface area contributed by atoms with Crippen LogP contribution in [0.5, 0.6) is 0 Å². The van der Waals surface area contributed by atoms with E-state index in [-0.39, 0.29) is 17.0 Å². The number of nitrogens with one attached hydrogen (secondary N) is 1. The lowest BCUT2D eigenvalue weighted by atomic mass is 10.1. The van der Waals surface area contributed by atoms with E-state index in [1.54, 1.807) is 30.2 Å². The number of rotatable bonds is 3. The predicted molar refractivity (Wildman–Crippen MR) is 91.7 cm³/mol. The summed E-state index contributed by atoms with van der Waals surface area (Å²) in [6.45, 7) is 0. The lowest BCUT2D eigenvalue weighted by molar-refractivity contribution is 0.102. The molecule has 9 nitrogen and oxygen atoms in total. The smallest absolute Gasteiger partial charge is 0.263 e. The van der Waals surface area contributed by atoms with Gasteiger partial charge in [0.05, 0.1) is 30.0 Å². The summed E-state index contributed by atoms with van der Waals surface area (Å²) in [5.74, 6) is -1.16. The Labute approximate surface area is 146 Å². The number of nitrogens with two attached hydrogens (primary N) is 1. The van der Waals surface area contributed by atoms with Gasteiger partial charge in [-0.2, -0.15) is 5.10 Å². The Morgan fingerprint density at radius 3 is 2.88 bits per heavy atom. The fourth-order valence-electron chi connectivity index (χ4n) is 2.61. The Hall–Kier alpha value is -3.82. The van der Waals surface area contributed by atoms with E-state index in [1.165, 1.54) is 6.20 Å². The molecule has 26 heavy (non-hydrogen) atoms. The van der Waals surface area contributed by atoms with Gasteiger partial charge >= 0.3 is 0 Å². The van der Waals surface area contributed by atoms with Crippen LogP contribution in [0.3, 0.4) is 0 Å². The van der Waals surface area contributed by atoms with Crippen molar-refractivity contribution < 1.29 is 9.18 Å². The number of carbonyl (C=O) groups excluding carboxylic acids is 1. The van der Waals surface area contributed by atoms with Crippen LogP contribution in [0.2, 0.25) is 0 Å². The quantitative estimate of drug-likeness (QED) is 0.577. The van der Waals surface area contributed by atoms with Crippen LogP contribution in [0.25, 0.3) is 16.9 Å². The van der Waals surface area contributed by atoms with Gasteiger partial charge < -0.3 is 11.1 Å². The number of pyridine rings is 1. The number of amides is 1. The Bertz CT molecular complexity index is 1130. The van der Waals surface area contributed by atoms with Crippen LogP contribution in [0.15, 0.2) is 43.1 Å². The maximum absolute atomic E-state index is 13.3. The first-order chi connectivity index (χ1) is 12.5. The summed E-state index contributed by atoms with van der Waals surface area (Å²) in [5, 5.41) is 11.0. The van der Waals surface area contributed by atoms with Crippen LogP contribution < -0.4 is 11.1 Å². The average Bonchev–Trinajstić information content (AvgIpc) is 3.17. The number of fused-ring (bicyclic) bond motifs is 1. The van der Waals surface area contributed by atoms with Crippen molar-refractivity contribution in [1.29, 1.82) is 0 Å². The molecule has 130 valence electrons. The molecule has 0 bridgehead atoms. The minimum absolute atomic E-state index is 0.0520. The largest absolute Gasteiger partial charge is 0.381 e. The molecule has 3 N–H and O–H groups in total. The van der Waals surface area contributed by atoms with Gasteiger partial charge in [-0.3, -0.25) is 14.5 Å². The molecule has 10 heteroatoms. The molecule has 0 spiro atoms. The zero-order valence-electron chi connectivity index (χ0n) is 13.6. The van der Waals surface area contributed by atoms with E-state index in [2.05, 4.69) is 25.5 Å². The van der Waals surface area contributed by atoms with E-state index < -0.39 is 11.7 Å². The maximum atomic E-state index is 13.3. The molecule has 0 atom stereocenters. The molecule has 4 heterocycles. The van der Waals surface area contributed by atoms with Crippen LogP contribution in [0, 0.1) is 5.82 Å². The van der Waals surface area contributed by atoms with E-state index in [1.807, 2.05) is 6.07 Å². The third-order valence-corrected chi connectivity index (χ3v) is 3.75. The Morgan fingerprint density at radius 2 is 2.12 bits per heavy atom. The topological polar surface area (TPSA) is 116 Å². The van der Waals surface area contributed by atoms with Crippen molar-refractivity contribution in [3.05, 3.63) is 54.5 Å². The Morgan fingerprint density at radius 1 is 1.27 bits per heavy atom. The number of anilines is 2. The van der Waals surface area contributed by atoms with Crippen molar-refractivity contribution >= 4 is 23.1 Å². The van der Waals surface area contributed by atoms with Gasteiger partial charge in [-0.25, -0.2) is 13.9 Å². The first-order valence-corrected chi connectivity index (χ1v) is 7.57. The molecular formula is C16H13FN8O. The number of aromatic nitrogens is 6. The summed E-state index contributed by atoms with van der Waals surface area (Å²) in [7, 11) is 1.80. The Kier molecular flexibility index (Phi) is 3.57. The minimum atomic E-state index is -0.586. The van der Waals surface area contributed by atoms with Crippen LogP contribution in [0.4, 0.5) is 15.9 Å². The first kappa shape index (κ1) is 15.7. The summed E-state index contributed by atoms with van der Waals surface area (Å²) >= 11 is 0. The van der Waals surface area contributed by atoms with E-state index in [0.29, 0.717) is 16.9 Å². The molecule has 0 aliphatic heterocycles. The molecule has 0 fully saturated rings. The van der Waals surface area contributed by atoms with Crippen LogP contribution >= 0.6 is 0 Å². The fourth-order valence-corrected chi connectivity index (χ4v) is 2.61. The van der Waals surface area contributed by atoms with Gasteiger partial charge in [0.15, 0.2) is 17.3 Å². The molecule has 0 aromatic carbocycles. The van der Waals surface area contributed by atoms with Crippen LogP contribution in [0.1, 0.15) is 10.4 Å². The third kappa shape index (κ3) is 2.62. The fraction of sp³-hybridized carbons (Fsp3) is 0.0625. The molecule has 0 aliphatic carbocycles. The number of carbonyl (C=O) groups is 1. The summed E-state index contributed by atoms with van der Waals surface area (Å²) in [4.78, 5) is 20.7. The first-order valence-electron chi connectivity index (χ1n) is 7.57. The van der Waals surface area contributed by atoms with Gasteiger partial charge in [0.25, 0.3) is 5.91 Å². The van der Waals surface area contributed by atoms with Crippen LogP contribution in [-0.4, -0.2) is 35.3 Å². The molecule has 0 aliphatic rings. The number of halogens is 1. The molecule has 0 unspecified atom stereocenters. The Balaban J connectivity index is 1.73. The zero-order chi connectivity index (χ0) is 18.3. The molecule has 4 rings (SSSR count). The second kappa shape index (κ2) is 5.92. The van der Waals surface area contributed by atoms with Gasteiger partial charge in [0.1, 0.15) is 5.56 Å². The molecule has 0 saturated carbocycles. The normalized spacial score (nSPS) is 11.0. The number of hydrogen-bond donors (Lipinski definition) is 2. The summed E-state index contributed by atoms with van der Waals surface area (Å²) in [6.07, 6.45) is 7.00. The number of aryl methyl sites for hydroxylation is 1. The molecule has 1 amide bonds. The highest BCUT2D eigenvalue weighted by atomic mass is 19.1. The maximum Gasteiger partial charge on any atom is 0.263 e. The highest BCUT2D eigenvalue weighted by Crippen LogP contribution is 2.26. The molecular weight excluding hydrogens is 339 g/mol. The molecule has 0 radical (unpaired) electrons. The van der Waals surface area contributed by atoms with Crippen molar-refractivity contribution in [1.82, 2.24) is 29.4 Å². The molecule has 4 aromatic rings. The SMILES string of the molecule is Cn1ccc(-c2ccncc2NC(=O)c2c(N)nn3cc(F)cnc23)n1. The van der Waals surface area contributed by atoms with Gasteiger partial charge in [-0.05, 0) is 12.1 Å².